The summed E-state index contributed by atoms with van der Waals surface area (Å²) in [6.07, 6.45) is -0.281. The summed E-state index contributed by atoms with van der Waals surface area (Å²) in [6, 6.07) is 15.5. The van der Waals surface area contributed by atoms with Crippen molar-refractivity contribution in [3.63, 3.8) is 0 Å². The lowest BCUT2D eigenvalue weighted by molar-refractivity contribution is -0.143. The van der Waals surface area contributed by atoms with Crippen molar-refractivity contribution >= 4 is 17.5 Å². The van der Waals surface area contributed by atoms with E-state index in [1.165, 1.54) is 6.92 Å². The highest BCUT2D eigenvalue weighted by Gasteiger charge is 2.41. The predicted octanol–water partition coefficient (Wildman–Crippen LogP) is 7.45. The van der Waals surface area contributed by atoms with Gasteiger partial charge in [-0.2, -0.15) is 13.2 Å². The Morgan fingerprint density at radius 3 is 2.26 bits per heavy atom. The summed E-state index contributed by atoms with van der Waals surface area (Å²) in [4.78, 5) is 15.4. The molecule has 3 aromatic rings. The van der Waals surface area contributed by atoms with E-state index in [1.54, 1.807) is 60.5 Å². The lowest BCUT2D eigenvalue weighted by Crippen LogP contribution is -2.33. The van der Waals surface area contributed by atoms with E-state index in [0.717, 1.165) is 30.3 Å². The zero-order chi connectivity index (χ0) is 24.5. The molecule has 2 aromatic carbocycles. The average molecular weight is 489 g/mol. The number of amides is 1. The summed E-state index contributed by atoms with van der Waals surface area (Å²) >= 11 is 6.04. The highest BCUT2D eigenvalue weighted by atomic mass is 35.5. The number of hydrogen-bond acceptors (Lipinski definition) is 1. The Hall–Kier alpha value is -2.73. The molecular formula is C27H28ClF3N2O. The summed E-state index contributed by atoms with van der Waals surface area (Å²) in [6.45, 7) is 1.93. The minimum absolute atomic E-state index is 0.0448. The zero-order valence-corrected chi connectivity index (χ0v) is 20.1. The van der Waals surface area contributed by atoms with E-state index < -0.39 is 17.8 Å². The molecule has 4 rings (SSSR count). The molecule has 180 valence electrons. The van der Waals surface area contributed by atoms with Crippen LogP contribution in [0.15, 0.2) is 54.6 Å². The molecule has 0 N–H and O–H groups in total. The summed E-state index contributed by atoms with van der Waals surface area (Å²) < 4.78 is 44.4. The summed E-state index contributed by atoms with van der Waals surface area (Å²) in [5.41, 5.74) is 0.858. The SMILES string of the molecule is Cc1c(-c2ccc(Cl)cc2)c(C(=O)N(C)CC2CCCC2)n(Cc2ccccc2)c1C(F)(F)F. The van der Waals surface area contributed by atoms with Crippen LogP contribution in [-0.4, -0.2) is 29.0 Å². The minimum atomic E-state index is -4.62. The predicted molar refractivity (Wildman–Crippen MR) is 129 cm³/mol. The van der Waals surface area contributed by atoms with E-state index in [-0.39, 0.29) is 17.8 Å². The Morgan fingerprint density at radius 1 is 1.06 bits per heavy atom. The Kier molecular flexibility index (Phi) is 7.08. The van der Waals surface area contributed by atoms with Crippen LogP contribution in [0, 0.1) is 12.8 Å². The van der Waals surface area contributed by atoms with Gasteiger partial charge in [0.1, 0.15) is 11.4 Å². The van der Waals surface area contributed by atoms with Crippen LogP contribution < -0.4 is 0 Å². The summed E-state index contributed by atoms with van der Waals surface area (Å²) in [5.74, 6) is -0.0139. The molecule has 7 heteroatoms. The maximum absolute atomic E-state index is 14.4. The monoisotopic (exact) mass is 488 g/mol. The zero-order valence-electron chi connectivity index (χ0n) is 19.3. The third kappa shape index (κ3) is 5.02. The molecule has 1 aliphatic rings. The molecule has 1 saturated carbocycles. The molecular weight excluding hydrogens is 461 g/mol. The van der Waals surface area contributed by atoms with Gasteiger partial charge in [-0.15, -0.1) is 0 Å². The number of carbonyl (C=O) groups excluding carboxylic acids is 1. The number of aromatic nitrogens is 1. The van der Waals surface area contributed by atoms with Crippen molar-refractivity contribution in [2.24, 2.45) is 5.92 Å². The van der Waals surface area contributed by atoms with Gasteiger partial charge in [-0.25, -0.2) is 0 Å². The molecule has 1 heterocycles. The van der Waals surface area contributed by atoms with Gasteiger partial charge in [0.25, 0.3) is 5.91 Å². The second-order valence-corrected chi connectivity index (χ2v) is 9.55. The van der Waals surface area contributed by atoms with E-state index in [2.05, 4.69) is 0 Å². The fraction of sp³-hybridized carbons (Fsp3) is 0.370. The molecule has 1 fully saturated rings. The van der Waals surface area contributed by atoms with E-state index in [4.69, 9.17) is 11.6 Å². The van der Waals surface area contributed by atoms with Crippen molar-refractivity contribution in [2.45, 2.75) is 45.3 Å². The molecule has 1 amide bonds. The van der Waals surface area contributed by atoms with E-state index >= 15 is 0 Å². The molecule has 1 aromatic heterocycles. The van der Waals surface area contributed by atoms with E-state index in [0.29, 0.717) is 34.2 Å². The number of halogens is 4. The highest BCUT2D eigenvalue weighted by Crippen LogP contribution is 2.42. The van der Waals surface area contributed by atoms with Gasteiger partial charge in [0.05, 0.1) is 0 Å². The number of rotatable bonds is 6. The van der Waals surface area contributed by atoms with Crippen LogP contribution in [0.4, 0.5) is 13.2 Å². The molecule has 1 aliphatic carbocycles. The molecule has 3 nitrogen and oxygen atoms in total. The third-order valence-corrected chi connectivity index (χ3v) is 6.90. The van der Waals surface area contributed by atoms with Gasteiger partial charge in [-0.05, 0) is 54.5 Å². The van der Waals surface area contributed by atoms with Crippen LogP contribution in [-0.2, 0) is 12.7 Å². The first-order valence-corrected chi connectivity index (χ1v) is 11.9. The number of nitrogens with zero attached hydrogens (tertiary/aromatic N) is 2. The van der Waals surface area contributed by atoms with Crippen molar-refractivity contribution < 1.29 is 18.0 Å². The second-order valence-electron chi connectivity index (χ2n) is 9.11. The van der Waals surface area contributed by atoms with Gasteiger partial charge >= 0.3 is 6.18 Å². The number of benzene rings is 2. The van der Waals surface area contributed by atoms with E-state index in [9.17, 15) is 18.0 Å². The average Bonchev–Trinajstić information content (AvgIpc) is 3.40. The molecule has 0 saturated heterocycles. The molecule has 0 radical (unpaired) electrons. The molecule has 0 atom stereocenters. The Morgan fingerprint density at radius 2 is 1.68 bits per heavy atom. The van der Waals surface area contributed by atoms with Gasteiger partial charge in [0.15, 0.2) is 0 Å². The number of hydrogen-bond donors (Lipinski definition) is 0. The van der Waals surface area contributed by atoms with Gasteiger partial charge in [-0.1, -0.05) is 66.9 Å². The molecule has 0 aliphatic heterocycles. The minimum Gasteiger partial charge on any atom is -0.340 e. The molecule has 0 unspecified atom stereocenters. The lowest BCUT2D eigenvalue weighted by Gasteiger charge is -2.23. The van der Waals surface area contributed by atoms with Crippen molar-refractivity contribution in [2.75, 3.05) is 13.6 Å². The van der Waals surface area contributed by atoms with Crippen molar-refractivity contribution in [1.29, 1.82) is 0 Å². The Balaban J connectivity index is 1.90. The normalized spacial score (nSPS) is 14.5. The Labute approximate surface area is 203 Å². The van der Waals surface area contributed by atoms with Gasteiger partial charge in [0, 0.05) is 30.7 Å². The largest absolute Gasteiger partial charge is 0.431 e. The van der Waals surface area contributed by atoms with Crippen LogP contribution in [0.25, 0.3) is 11.1 Å². The first kappa shape index (κ1) is 24.4. The van der Waals surface area contributed by atoms with Crippen LogP contribution in [0.3, 0.4) is 0 Å². The molecule has 34 heavy (non-hydrogen) atoms. The molecule has 0 spiro atoms. The summed E-state index contributed by atoms with van der Waals surface area (Å²) in [7, 11) is 1.69. The van der Waals surface area contributed by atoms with Crippen LogP contribution in [0.1, 0.15) is 53.0 Å². The highest BCUT2D eigenvalue weighted by molar-refractivity contribution is 6.30. The van der Waals surface area contributed by atoms with Gasteiger partial charge in [-0.3, -0.25) is 4.79 Å². The van der Waals surface area contributed by atoms with Gasteiger partial charge < -0.3 is 9.47 Å². The second kappa shape index (κ2) is 9.87. The van der Waals surface area contributed by atoms with Crippen molar-refractivity contribution in [1.82, 2.24) is 9.47 Å². The first-order valence-electron chi connectivity index (χ1n) is 11.5. The van der Waals surface area contributed by atoms with Crippen molar-refractivity contribution in [3.8, 4) is 11.1 Å². The smallest absolute Gasteiger partial charge is 0.340 e. The quantitative estimate of drug-likeness (QED) is 0.354. The fourth-order valence-electron chi connectivity index (χ4n) is 5.07. The standard InChI is InChI=1S/C27H28ClF3N2O/c1-18-23(21-12-14-22(28)15-13-21)24(26(34)32(2)16-19-10-6-7-11-19)33(25(18)27(29,30)31)17-20-8-4-3-5-9-20/h3-5,8-9,12-15,19H,6-7,10-11,16-17H2,1-2H3. The number of alkyl halides is 3. The van der Waals surface area contributed by atoms with Gasteiger partial charge in [0.2, 0.25) is 0 Å². The lowest BCUT2D eigenvalue weighted by atomic mass is 10.00. The topological polar surface area (TPSA) is 25.2 Å². The number of carbonyl (C=O) groups is 1. The van der Waals surface area contributed by atoms with Crippen LogP contribution in [0.5, 0.6) is 0 Å². The molecule has 0 bridgehead atoms. The summed E-state index contributed by atoms with van der Waals surface area (Å²) in [5, 5.41) is 0.479. The maximum Gasteiger partial charge on any atom is 0.431 e. The maximum atomic E-state index is 14.4. The van der Waals surface area contributed by atoms with E-state index in [1.807, 2.05) is 6.07 Å². The first-order chi connectivity index (χ1) is 16.2. The fourth-order valence-corrected chi connectivity index (χ4v) is 5.20. The van der Waals surface area contributed by atoms with Crippen molar-refractivity contribution in [3.05, 3.63) is 82.1 Å². The van der Waals surface area contributed by atoms with Crippen LogP contribution >= 0.6 is 11.6 Å². The van der Waals surface area contributed by atoms with Crippen LogP contribution in [0.2, 0.25) is 5.02 Å². The Bertz CT molecular complexity index is 1150. The third-order valence-electron chi connectivity index (χ3n) is 6.65.